The Morgan fingerprint density at radius 2 is 1.68 bits per heavy atom. The Morgan fingerprint density at radius 1 is 1.05 bits per heavy atom. The second kappa shape index (κ2) is 13.9. The summed E-state index contributed by atoms with van der Waals surface area (Å²) in [4.78, 5) is 36.5. The van der Waals surface area contributed by atoms with E-state index >= 15 is 0 Å². The number of rotatable bonds is 4. The number of aromatic nitrogens is 3. The molecule has 4 rings (SSSR count). The number of carboxylic acid groups (broad SMARTS) is 2. The highest BCUT2D eigenvalue weighted by molar-refractivity contribution is 5.81. The number of carbonyl (C=O) groups is 3. The number of nitrogens with zero attached hydrogens (tertiary/aromatic N) is 4. The number of hydrogen-bond donors (Lipinski definition) is 3. The van der Waals surface area contributed by atoms with Crippen molar-refractivity contribution in [3.05, 3.63) is 47.9 Å². The number of halogens is 6. The van der Waals surface area contributed by atoms with Crippen LogP contribution in [0.15, 0.2) is 36.7 Å². The van der Waals surface area contributed by atoms with Gasteiger partial charge in [0.2, 0.25) is 5.91 Å². The molecule has 0 radical (unpaired) electrons. The molecule has 0 unspecified atom stereocenters. The fourth-order valence-corrected chi connectivity index (χ4v) is 3.67. The molecule has 3 atom stereocenters. The summed E-state index contributed by atoms with van der Waals surface area (Å²) in [5.41, 5.74) is 1.89. The van der Waals surface area contributed by atoms with Crippen LogP contribution in [0.3, 0.4) is 0 Å². The quantitative estimate of drug-likeness (QED) is 0.459. The van der Waals surface area contributed by atoms with Crippen molar-refractivity contribution in [2.24, 2.45) is 5.92 Å². The van der Waals surface area contributed by atoms with Gasteiger partial charge in [-0.2, -0.15) is 31.4 Å². The Morgan fingerprint density at radius 3 is 2.17 bits per heavy atom. The van der Waals surface area contributed by atoms with Gasteiger partial charge in [-0.3, -0.25) is 9.78 Å². The molecule has 3 N–H and O–H groups in total. The number of ether oxygens (including phenoxy) is 1. The maximum Gasteiger partial charge on any atom is 0.490 e. The maximum atomic E-state index is 12.5. The number of carboxylic acids is 2. The van der Waals surface area contributed by atoms with E-state index in [0.717, 1.165) is 43.0 Å². The van der Waals surface area contributed by atoms with Crippen molar-refractivity contribution in [3.63, 3.8) is 0 Å². The van der Waals surface area contributed by atoms with Crippen LogP contribution >= 0.6 is 0 Å². The third-order valence-corrected chi connectivity index (χ3v) is 5.63. The molecule has 2 aromatic rings. The van der Waals surface area contributed by atoms with E-state index in [4.69, 9.17) is 24.5 Å². The van der Waals surface area contributed by atoms with Crippen LogP contribution in [0.1, 0.15) is 24.1 Å². The number of anilines is 1. The Balaban J connectivity index is 0.000000333. The van der Waals surface area contributed by atoms with Gasteiger partial charge in [-0.05, 0) is 49.4 Å². The van der Waals surface area contributed by atoms with Gasteiger partial charge in [0.15, 0.2) is 5.82 Å². The summed E-state index contributed by atoms with van der Waals surface area (Å²) in [6, 6.07) is 7.78. The van der Waals surface area contributed by atoms with Crippen molar-refractivity contribution in [1.29, 1.82) is 0 Å². The van der Waals surface area contributed by atoms with Crippen LogP contribution in [-0.4, -0.2) is 80.9 Å². The molecule has 40 heavy (non-hydrogen) atoms. The van der Waals surface area contributed by atoms with Gasteiger partial charge < -0.3 is 25.2 Å². The van der Waals surface area contributed by atoms with E-state index in [-0.39, 0.29) is 18.1 Å². The number of nitrogens with one attached hydrogen (secondary N) is 1. The summed E-state index contributed by atoms with van der Waals surface area (Å²) in [7, 11) is 0. The molecule has 2 aromatic heterocycles. The first kappa shape index (κ1) is 32.2. The van der Waals surface area contributed by atoms with E-state index in [1.54, 1.807) is 12.4 Å². The van der Waals surface area contributed by atoms with E-state index in [1.165, 1.54) is 0 Å². The van der Waals surface area contributed by atoms with Crippen molar-refractivity contribution in [3.8, 4) is 0 Å². The molecule has 0 bridgehead atoms. The van der Waals surface area contributed by atoms with Gasteiger partial charge >= 0.3 is 24.3 Å². The molecule has 2 saturated heterocycles. The van der Waals surface area contributed by atoms with Crippen LogP contribution in [0.4, 0.5) is 32.2 Å². The van der Waals surface area contributed by atoms with Gasteiger partial charge in [0.25, 0.3) is 0 Å². The predicted molar refractivity (Wildman–Crippen MR) is 124 cm³/mol. The molecule has 0 aliphatic carbocycles. The molecule has 2 fully saturated rings. The second-order valence-corrected chi connectivity index (χ2v) is 8.61. The molecule has 0 spiro atoms. The lowest BCUT2D eigenvalue weighted by molar-refractivity contribution is -0.193. The van der Waals surface area contributed by atoms with Crippen LogP contribution < -0.4 is 10.2 Å². The minimum Gasteiger partial charge on any atom is -0.475 e. The first-order chi connectivity index (χ1) is 18.6. The topological polar surface area (TPSA) is 155 Å². The molecular weight excluding hydrogens is 556 g/mol. The van der Waals surface area contributed by atoms with E-state index in [1.807, 2.05) is 31.2 Å². The smallest absolute Gasteiger partial charge is 0.475 e. The minimum absolute atomic E-state index is 0.0371. The van der Waals surface area contributed by atoms with Gasteiger partial charge in [0, 0.05) is 32.0 Å². The van der Waals surface area contributed by atoms with Crippen LogP contribution in [0.2, 0.25) is 0 Å². The van der Waals surface area contributed by atoms with Gasteiger partial charge in [0.05, 0.1) is 11.8 Å². The number of carbonyl (C=O) groups excluding carboxylic acids is 1. The highest BCUT2D eigenvalue weighted by atomic mass is 19.4. The van der Waals surface area contributed by atoms with Crippen LogP contribution in [0.5, 0.6) is 0 Å². The number of alkyl halides is 6. The molecule has 0 aromatic carbocycles. The maximum absolute atomic E-state index is 12.5. The number of aliphatic carboxylic acids is 2. The lowest BCUT2D eigenvalue weighted by Crippen LogP contribution is -2.43. The highest BCUT2D eigenvalue weighted by Crippen LogP contribution is 2.34. The molecule has 0 saturated carbocycles. The number of piperidine rings is 1. The monoisotopic (exact) mass is 581 g/mol. The molecule has 11 nitrogen and oxygen atoms in total. The first-order valence-corrected chi connectivity index (χ1v) is 11.6. The standard InChI is InChI=1S/C19H23N5O2.2C2HF3O2/c1-13-4-5-18(23-22-13)24-8-6-15-9-16(26-17(15)12-24)19(25)21-11-14-3-2-7-20-10-14;2*3-2(4,5)1(6)7/h2-5,7,10,15-17H,6,8-9,11-12H2,1H3,(H,21,25);2*(H,6,7)/t15-,16+,17+;;/m0../s1. The largest absolute Gasteiger partial charge is 0.490 e. The second-order valence-electron chi connectivity index (χ2n) is 8.61. The van der Waals surface area contributed by atoms with Gasteiger partial charge in [0.1, 0.15) is 6.10 Å². The summed E-state index contributed by atoms with van der Waals surface area (Å²) >= 11 is 0. The molecule has 2 aliphatic heterocycles. The van der Waals surface area contributed by atoms with Crippen molar-refractivity contribution < 1.29 is 55.7 Å². The number of hydrogen-bond acceptors (Lipinski definition) is 8. The average Bonchev–Trinajstić information content (AvgIpc) is 3.32. The van der Waals surface area contributed by atoms with Crippen molar-refractivity contribution in [1.82, 2.24) is 20.5 Å². The first-order valence-electron chi connectivity index (χ1n) is 11.6. The van der Waals surface area contributed by atoms with Crippen LogP contribution in [-0.2, 0) is 25.7 Å². The fraction of sp³-hybridized carbons (Fsp3) is 0.478. The van der Waals surface area contributed by atoms with Gasteiger partial charge in [-0.1, -0.05) is 6.07 Å². The molecule has 2 aliphatic rings. The summed E-state index contributed by atoms with van der Waals surface area (Å²) in [5.74, 6) is -4.24. The average molecular weight is 581 g/mol. The zero-order chi connectivity index (χ0) is 30.1. The number of pyridine rings is 1. The lowest BCUT2D eigenvalue weighted by atomic mass is 9.91. The number of aryl methyl sites for hydroxylation is 1. The highest BCUT2D eigenvalue weighted by Gasteiger charge is 2.42. The molecular formula is C23H25F6N5O6. The minimum atomic E-state index is -5.08. The normalized spacial score (nSPS) is 20.2. The molecule has 17 heteroatoms. The van der Waals surface area contributed by atoms with E-state index < -0.39 is 24.3 Å². The van der Waals surface area contributed by atoms with Crippen molar-refractivity contribution in [2.75, 3.05) is 18.0 Å². The van der Waals surface area contributed by atoms with Gasteiger partial charge in [-0.25, -0.2) is 9.59 Å². The molecule has 4 heterocycles. The summed E-state index contributed by atoms with van der Waals surface area (Å²) in [6.45, 7) is 4.09. The number of amides is 1. The predicted octanol–water partition coefficient (Wildman–Crippen LogP) is 2.75. The SMILES string of the molecule is Cc1ccc(N2CC[C@H]3C[C@H](C(=O)NCc4cccnc4)O[C@@H]3C2)nn1.O=C(O)C(F)(F)F.O=C(O)C(F)(F)F. The Labute approximate surface area is 223 Å². The van der Waals surface area contributed by atoms with Crippen molar-refractivity contribution >= 4 is 23.7 Å². The Bertz CT molecular complexity index is 1110. The third kappa shape index (κ3) is 10.3. The number of fused-ring (bicyclic) bond motifs is 1. The molecule has 1 amide bonds. The zero-order valence-electron chi connectivity index (χ0n) is 20.8. The fourth-order valence-electron chi connectivity index (χ4n) is 3.67. The zero-order valence-corrected chi connectivity index (χ0v) is 20.8. The van der Waals surface area contributed by atoms with Crippen molar-refractivity contribution in [2.45, 2.75) is 50.9 Å². The summed E-state index contributed by atoms with van der Waals surface area (Å²) < 4.78 is 69.5. The van der Waals surface area contributed by atoms with E-state index in [2.05, 4.69) is 25.4 Å². The van der Waals surface area contributed by atoms with E-state index in [0.29, 0.717) is 12.5 Å². The molecule has 220 valence electrons. The third-order valence-electron chi connectivity index (χ3n) is 5.63. The van der Waals surface area contributed by atoms with E-state index in [9.17, 15) is 31.1 Å². The van der Waals surface area contributed by atoms with Crippen LogP contribution in [0, 0.1) is 12.8 Å². The Hall–Kier alpha value is -4.02. The lowest BCUT2D eigenvalue weighted by Gasteiger charge is -2.34. The van der Waals surface area contributed by atoms with Crippen LogP contribution in [0.25, 0.3) is 0 Å². The van der Waals surface area contributed by atoms with Gasteiger partial charge in [-0.15, -0.1) is 5.10 Å². The summed E-state index contributed by atoms with van der Waals surface area (Å²) in [6.07, 6.45) is -5.19. The summed E-state index contributed by atoms with van der Waals surface area (Å²) in [5, 5.41) is 25.6. The Kier molecular flexibility index (Phi) is 11.2.